The molecule has 0 aromatic heterocycles. The maximum Gasteiger partial charge on any atom is 0.337 e. The SMILES string of the molecule is COC(=O)c1ccc(CCc2cc(OC)c(OC)cc2CCc2ccccc2)cc1. The van der Waals surface area contributed by atoms with Gasteiger partial charge in [-0.15, -0.1) is 0 Å². The zero-order chi connectivity index (χ0) is 21.3. The molecule has 3 rings (SSSR count). The van der Waals surface area contributed by atoms with Crippen LogP contribution in [0.5, 0.6) is 11.5 Å². The highest BCUT2D eigenvalue weighted by Crippen LogP contribution is 2.32. The van der Waals surface area contributed by atoms with Crippen molar-refractivity contribution in [3.63, 3.8) is 0 Å². The van der Waals surface area contributed by atoms with Crippen LogP contribution < -0.4 is 9.47 Å². The van der Waals surface area contributed by atoms with E-state index in [0.717, 1.165) is 37.2 Å². The molecule has 0 aliphatic carbocycles. The van der Waals surface area contributed by atoms with E-state index in [-0.39, 0.29) is 5.97 Å². The normalized spacial score (nSPS) is 10.5. The molecule has 0 aliphatic heterocycles. The van der Waals surface area contributed by atoms with Crippen LogP contribution in [-0.4, -0.2) is 27.3 Å². The van der Waals surface area contributed by atoms with Crippen LogP contribution in [0, 0.1) is 0 Å². The van der Waals surface area contributed by atoms with Crippen LogP contribution in [0.1, 0.15) is 32.6 Å². The second kappa shape index (κ2) is 10.5. The topological polar surface area (TPSA) is 44.8 Å². The van der Waals surface area contributed by atoms with E-state index in [9.17, 15) is 4.79 Å². The molecule has 3 aromatic carbocycles. The van der Waals surface area contributed by atoms with Gasteiger partial charge in [-0.2, -0.15) is 0 Å². The minimum absolute atomic E-state index is 0.315. The molecule has 30 heavy (non-hydrogen) atoms. The van der Waals surface area contributed by atoms with Crippen molar-refractivity contribution in [3.8, 4) is 11.5 Å². The number of methoxy groups -OCH3 is 3. The van der Waals surface area contributed by atoms with Crippen molar-refractivity contribution < 1.29 is 19.0 Å². The van der Waals surface area contributed by atoms with Crippen molar-refractivity contribution >= 4 is 5.97 Å². The Bertz CT molecular complexity index is 962. The molecular weight excluding hydrogens is 376 g/mol. The molecule has 0 spiro atoms. The molecule has 3 aromatic rings. The van der Waals surface area contributed by atoms with Crippen LogP contribution in [0.15, 0.2) is 66.7 Å². The number of esters is 1. The first kappa shape index (κ1) is 21.4. The summed E-state index contributed by atoms with van der Waals surface area (Å²) in [6, 6.07) is 22.3. The quantitative estimate of drug-likeness (QED) is 0.468. The van der Waals surface area contributed by atoms with Gasteiger partial charge in [0, 0.05) is 0 Å². The summed E-state index contributed by atoms with van der Waals surface area (Å²) in [5.74, 6) is 1.19. The smallest absolute Gasteiger partial charge is 0.337 e. The summed E-state index contributed by atoms with van der Waals surface area (Å²) in [6.45, 7) is 0. The highest BCUT2D eigenvalue weighted by molar-refractivity contribution is 5.89. The van der Waals surface area contributed by atoms with Gasteiger partial charge in [0.25, 0.3) is 0 Å². The Kier molecular flexibility index (Phi) is 7.50. The fraction of sp³-hybridized carbons (Fsp3) is 0.269. The van der Waals surface area contributed by atoms with E-state index in [0.29, 0.717) is 5.56 Å². The number of ether oxygens (including phenoxy) is 3. The molecular formula is C26H28O4. The molecule has 0 heterocycles. The van der Waals surface area contributed by atoms with Crippen molar-refractivity contribution in [2.24, 2.45) is 0 Å². The number of rotatable bonds is 9. The molecule has 0 N–H and O–H groups in total. The van der Waals surface area contributed by atoms with Gasteiger partial charge >= 0.3 is 5.97 Å². The Morgan fingerprint density at radius 2 is 1.17 bits per heavy atom. The average molecular weight is 405 g/mol. The summed E-state index contributed by atoms with van der Waals surface area (Å²) in [7, 11) is 4.72. The fourth-order valence-electron chi connectivity index (χ4n) is 3.56. The number of hydrogen-bond acceptors (Lipinski definition) is 4. The monoisotopic (exact) mass is 404 g/mol. The first-order valence-electron chi connectivity index (χ1n) is 10.1. The summed E-state index contributed by atoms with van der Waals surface area (Å²) < 4.78 is 15.8. The zero-order valence-electron chi connectivity index (χ0n) is 17.8. The summed E-state index contributed by atoms with van der Waals surface area (Å²) >= 11 is 0. The standard InChI is InChI=1S/C26H28O4/c1-28-24-17-22(15-11-19-7-5-4-6-8-19)23(18-25(24)29-2)16-12-20-9-13-21(14-10-20)26(27)30-3/h4-10,13-14,17-18H,11-12,15-16H2,1-3H3. The molecule has 0 amide bonds. The molecule has 0 atom stereocenters. The lowest BCUT2D eigenvalue weighted by Gasteiger charge is -2.15. The van der Waals surface area contributed by atoms with Gasteiger partial charge < -0.3 is 14.2 Å². The maximum absolute atomic E-state index is 11.6. The largest absolute Gasteiger partial charge is 0.493 e. The third kappa shape index (κ3) is 5.41. The van der Waals surface area contributed by atoms with E-state index in [1.807, 2.05) is 30.3 Å². The summed E-state index contributed by atoms with van der Waals surface area (Å²) in [6.07, 6.45) is 3.65. The molecule has 4 heteroatoms. The van der Waals surface area contributed by atoms with E-state index in [4.69, 9.17) is 14.2 Å². The molecule has 0 unspecified atom stereocenters. The van der Waals surface area contributed by atoms with Crippen LogP contribution in [0.25, 0.3) is 0 Å². The number of carbonyl (C=O) groups is 1. The van der Waals surface area contributed by atoms with E-state index >= 15 is 0 Å². The predicted octanol–water partition coefficient (Wildman–Crippen LogP) is 5.06. The van der Waals surface area contributed by atoms with Gasteiger partial charge in [-0.05, 0) is 72.2 Å². The van der Waals surface area contributed by atoms with E-state index in [1.54, 1.807) is 14.2 Å². The van der Waals surface area contributed by atoms with Crippen molar-refractivity contribution in [1.82, 2.24) is 0 Å². The van der Waals surface area contributed by atoms with Gasteiger partial charge in [-0.3, -0.25) is 0 Å². The van der Waals surface area contributed by atoms with Crippen LogP contribution in [0.2, 0.25) is 0 Å². The second-order valence-electron chi connectivity index (χ2n) is 7.15. The highest BCUT2D eigenvalue weighted by Gasteiger charge is 2.12. The second-order valence-corrected chi connectivity index (χ2v) is 7.15. The summed E-state index contributed by atoms with van der Waals surface area (Å²) in [4.78, 5) is 11.6. The van der Waals surface area contributed by atoms with Crippen molar-refractivity contribution in [2.75, 3.05) is 21.3 Å². The van der Waals surface area contributed by atoms with E-state index in [2.05, 4.69) is 36.4 Å². The number of aryl methyl sites for hydroxylation is 4. The third-order valence-electron chi connectivity index (χ3n) is 5.29. The summed E-state index contributed by atoms with van der Waals surface area (Å²) in [5, 5.41) is 0. The molecule has 0 bridgehead atoms. The Morgan fingerprint density at radius 1 is 0.667 bits per heavy atom. The first-order valence-corrected chi connectivity index (χ1v) is 10.1. The van der Waals surface area contributed by atoms with Gasteiger partial charge in [-0.25, -0.2) is 4.79 Å². The van der Waals surface area contributed by atoms with Gasteiger partial charge in [0.15, 0.2) is 11.5 Å². The van der Waals surface area contributed by atoms with Crippen molar-refractivity contribution in [2.45, 2.75) is 25.7 Å². The minimum atomic E-state index is -0.315. The van der Waals surface area contributed by atoms with Crippen molar-refractivity contribution in [1.29, 1.82) is 0 Å². The van der Waals surface area contributed by atoms with Crippen molar-refractivity contribution in [3.05, 3.63) is 94.5 Å². The van der Waals surface area contributed by atoms with Crippen LogP contribution in [-0.2, 0) is 30.4 Å². The van der Waals surface area contributed by atoms with Gasteiger partial charge in [0.05, 0.1) is 26.9 Å². The molecule has 156 valence electrons. The number of benzene rings is 3. The lowest BCUT2D eigenvalue weighted by Crippen LogP contribution is -2.03. The molecule has 0 fully saturated rings. The highest BCUT2D eigenvalue weighted by atomic mass is 16.5. The lowest BCUT2D eigenvalue weighted by molar-refractivity contribution is 0.0600. The van der Waals surface area contributed by atoms with Crippen LogP contribution >= 0.6 is 0 Å². The Morgan fingerprint density at radius 3 is 1.63 bits per heavy atom. The van der Waals surface area contributed by atoms with E-state index in [1.165, 1.54) is 29.4 Å². The third-order valence-corrected chi connectivity index (χ3v) is 5.29. The van der Waals surface area contributed by atoms with Crippen LogP contribution in [0.3, 0.4) is 0 Å². The predicted molar refractivity (Wildman–Crippen MR) is 119 cm³/mol. The van der Waals surface area contributed by atoms with Gasteiger partial charge in [0.2, 0.25) is 0 Å². The molecule has 4 nitrogen and oxygen atoms in total. The Hall–Kier alpha value is -3.27. The molecule has 0 radical (unpaired) electrons. The minimum Gasteiger partial charge on any atom is -0.493 e. The van der Waals surface area contributed by atoms with Gasteiger partial charge in [0.1, 0.15) is 0 Å². The lowest BCUT2D eigenvalue weighted by atomic mass is 9.94. The fourth-order valence-corrected chi connectivity index (χ4v) is 3.56. The molecule has 0 saturated heterocycles. The first-order chi connectivity index (χ1) is 14.6. The van der Waals surface area contributed by atoms with Crippen LogP contribution in [0.4, 0.5) is 0 Å². The average Bonchev–Trinajstić information content (AvgIpc) is 2.81. The molecule has 0 saturated carbocycles. The molecule has 0 aliphatic rings. The summed E-state index contributed by atoms with van der Waals surface area (Å²) in [5.41, 5.74) is 5.57. The zero-order valence-corrected chi connectivity index (χ0v) is 17.8. The number of hydrogen-bond donors (Lipinski definition) is 0. The van der Waals surface area contributed by atoms with Gasteiger partial charge in [-0.1, -0.05) is 42.5 Å². The maximum atomic E-state index is 11.6. The Balaban J connectivity index is 1.78. The number of carbonyl (C=O) groups excluding carboxylic acids is 1. The Labute approximate surface area is 178 Å². The van der Waals surface area contributed by atoms with E-state index < -0.39 is 0 Å².